The molecule has 0 heterocycles. The van der Waals surface area contributed by atoms with Gasteiger partial charge in [-0.15, -0.1) is 0 Å². The Hall–Kier alpha value is -1.26. The monoisotopic (exact) mass is 317 g/mol. The number of rotatable bonds is 7. The highest BCUT2D eigenvalue weighted by molar-refractivity contribution is 6.35. The number of carboxylic acid groups (broad SMARTS) is 1. The fraction of sp³-hybridized carbons (Fsp3) is 0.429. The minimum Gasteiger partial charge on any atom is -0.481 e. The molecule has 1 rings (SSSR count). The van der Waals surface area contributed by atoms with E-state index in [1.807, 2.05) is 0 Å². The summed E-state index contributed by atoms with van der Waals surface area (Å²) in [6, 6.07) is 5.19. The normalized spacial score (nSPS) is 11.9. The highest BCUT2D eigenvalue weighted by Crippen LogP contribution is 2.23. The van der Waals surface area contributed by atoms with Gasteiger partial charge in [0.1, 0.15) is 0 Å². The molecule has 0 saturated heterocycles. The average Bonchev–Trinajstić information content (AvgIpc) is 2.37. The van der Waals surface area contributed by atoms with Crippen molar-refractivity contribution in [2.24, 2.45) is 5.92 Å². The number of nitrogens with one attached hydrogen (secondary N) is 1. The maximum Gasteiger partial charge on any atom is 0.303 e. The molecule has 0 aromatic heterocycles. The molecule has 0 aliphatic heterocycles. The standard InChI is InChI=1S/C14H17Cl2NO3/c1-9(14(20)17-6-2-3-13(18)19)7-10-4-5-11(15)8-12(10)16/h4-5,8-9H,2-3,6-7H2,1H3,(H,17,20)(H,18,19). The fourth-order valence-corrected chi connectivity index (χ4v) is 2.22. The molecule has 0 saturated carbocycles. The summed E-state index contributed by atoms with van der Waals surface area (Å²) in [5, 5.41) is 12.3. The van der Waals surface area contributed by atoms with Crippen LogP contribution in [0.2, 0.25) is 10.0 Å². The van der Waals surface area contributed by atoms with Gasteiger partial charge in [0.05, 0.1) is 0 Å². The molecule has 20 heavy (non-hydrogen) atoms. The van der Waals surface area contributed by atoms with E-state index >= 15 is 0 Å². The zero-order chi connectivity index (χ0) is 15.1. The van der Waals surface area contributed by atoms with E-state index in [2.05, 4.69) is 5.32 Å². The van der Waals surface area contributed by atoms with Crippen LogP contribution in [0.25, 0.3) is 0 Å². The van der Waals surface area contributed by atoms with Crippen molar-refractivity contribution >= 4 is 35.1 Å². The molecule has 0 aliphatic carbocycles. The van der Waals surface area contributed by atoms with E-state index in [4.69, 9.17) is 28.3 Å². The van der Waals surface area contributed by atoms with Crippen molar-refractivity contribution in [2.75, 3.05) is 6.54 Å². The maximum absolute atomic E-state index is 11.8. The second-order valence-corrected chi connectivity index (χ2v) is 5.47. The number of halogens is 2. The lowest BCUT2D eigenvalue weighted by Crippen LogP contribution is -2.31. The molecule has 0 fully saturated rings. The van der Waals surface area contributed by atoms with Crippen LogP contribution in [0.4, 0.5) is 0 Å². The third-order valence-corrected chi connectivity index (χ3v) is 3.44. The Kier molecular flexibility index (Phi) is 6.82. The number of benzene rings is 1. The summed E-state index contributed by atoms with van der Waals surface area (Å²) in [5.74, 6) is -1.21. The van der Waals surface area contributed by atoms with Crippen LogP contribution >= 0.6 is 23.2 Å². The van der Waals surface area contributed by atoms with Crippen molar-refractivity contribution in [3.05, 3.63) is 33.8 Å². The predicted octanol–water partition coefficient (Wildman–Crippen LogP) is 3.15. The van der Waals surface area contributed by atoms with Crippen LogP contribution in [0.15, 0.2) is 18.2 Å². The molecule has 0 aliphatic rings. The Bertz CT molecular complexity index is 491. The molecular formula is C14H17Cl2NO3. The second kappa shape index (κ2) is 8.12. The third-order valence-electron chi connectivity index (χ3n) is 2.86. The molecule has 0 spiro atoms. The zero-order valence-electron chi connectivity index (χ0n) is 11.2. The van der Waals surface area contributed by atoms with Crippen molar-refractivity contribution in [2.45, 2.75) is 26.2 Å². The van der Waals surface area contributed by atoms with Crippen molar-refractivity contribution in [1.82, 2.24) is 5.32 Å². The van der Waals surface area contributed by atoms with Crippen LogP contribution in [-0.4, -0.2) is 23.5 Å². The van der Waals surface area contributed by atoms with Gasteiger partial charge >= 0.3 is 5.97 Å². The highest BCUT2D eigenvalue weighted by atomic mass is 35.5. The molecule has 2 N–H and O–H groups in total. The number of aliphatic carboxylic acids is 1. The smallest absolute Gasteiger partial charge is 0.303 e. The van der Waals surface area contributed by atoms with Gasteiger partial charge in [0.15, 0.2) is 0 Å². The number of carbonyl (C=O) groups excluding carboxylic acids is 1. The summed E-state index contributed by atoms with van der Waals surface area (Å²) >= 11 is 11.9. The second-order valence-electron chi connectivity index (χ2n) is 4.63. The topological polar surface area (TPSA) is 66.4 Å². The highest BCUT2D eigenvalue weighted by Gasteiger charge is 2.15. The third kappa shape index (κ3) is 5.80. The van der Waals surface area contributed by atoms with Gasteiger partial charge in [0.25, 0.3) is 0 Å². The number of hydrogen-bond acceptors (Lipinski definition) is 2. The van der Waals surface area contributed by atoms with E-state index < -0.39 is 5.97 Å². The molecule has 4 nitrogen and oxygen atoms in total. The van der Waals surface area contributed by atoms with Gasteiger partial charge in [0, 0.05) is 28.9 Å². The zero-order valence-corrected chi connectivity index (χ0v) is 12.7. The van der Waals surface area contributed by atoms with Crippen LogP contribution in [0.3, 0.4) is 0 Å². The summed E-state index contributed by atoms with van der Waals surface area (Å²) < 4.78 is 0. The van der Waals surface area contributed by atoms with Crippen LogP contribution < -0.4 is 5.32 Å². The van der Waals surface area contributed by atoms with Gasteiger partial charge in [-0.2, -0.15) is 0 Å². The SMILES string of the molecule is CC(Cc1ccc(Cl)cc1Cl)C(=O)NCCCC(=O)O. The number of carboxylic acids is 1. The van der Waals surface area contributed by atoms with Crippen LogP contribution in [0, 0.1) is 5.92 Å². The van der Waals surface area contributed by atoms with E-state index in [9.17, 15) is 9.59 Å². The minimum absolute atomic E-state index is 0.0532. The molecule has 110 valence electrons. The first-order valence-electron chi connectivity index (χ1n) is 6.33. The Labute approximate surface area is 128 Å². The Morgan fingerprint density at radius 1 is 1.35 bits per heavy atom. The van der Waals surface area contributed by atoms with Crippen LogP contribution in [0.5, 0.6) is 0 Å². The first-order chi connectivity index (χ1) is 9.40. The lowest BCUT2D eigenvalue weighted by molar-refractivity contribution is -0.137. The first-order valence-corrected chi connectivity index (χ1v) is 7.09. The van der Waals surface area contributed by atoms with E-state index in [0.717, 1.165) is 5.56 Å². The molecule has 0 bridgehead atoms. The predicted molar refractivity (Wildman–Crippen MR) is 79.2 cm³/mol. The first kappa shape index (κ1) is 16.8. The molecule has 6 heteroatoms. The van der Waals surface area contributed by atoms with Crippen molar-refractivity contribution < 1.29 is 14.7 Å². The van der Waals surface area contributed by atoms with E-state index in [0.29, 0.717) is 29.4 Å². The summed E-state index contributed by atoms with van der Waals surface area (Å²) in [6.45, 7) is 2.17. The Morgan fingerprint density at radius 3 is 2.65 bits per heavy atom. The summed E-state index contributed by atoms with van der Waals surface area (Å²) in [6.07, 6.45) is 0.994. The molecule has 0 radical (unpaired) electrons. The summed E-state index contributed by atoms with van der Waals surface area (Å²) in [7, 11) is 0. The Balaban J connectivity index is 2.43. The maximum atomic E-state index is 11.8. The molecule has 1 atom stereocenters. The molecule has 1 amide bonds. The van der Waals surface area contributed by atoms with Gasteiger partial charge in [0.2, 0.25) is 5.91 Å². The number of hydrogen-bond donors (Lipinski definition) is 2. The number of amides is 1. The van der Waals surface area contributed by atoms with E-state index in [1.165, 1.54) is 0 Å². The van der Waals surface area contributed by atoms with Gasteiger partial charge in [-0.25, -0.2) is 0 Å². The summed E-state index contributed by atoms with van der Waals surface area (Å²) in [5.41, 5.74) is 0.865. The Morgan fingerprint density at radius 2 is 2.05 bits per heavy atom. The molecule has 1 aromatic carbocycles. The van der Waals surface area contributed by atoms with Crippen LogP contribution in [-0.2, 0) is 16.0 Å². The lowest BCUT2D eigenvalue weighted by atomic mass is 10.0. The molecular weight excluding hydrogens is 301 g/mol. The van der Waals surface area contributed by atoms with Gasteiger partial charge in [-0.3, -0.25) is 9.59 Å². The molecule has 1 aromatic rings. The fourth-order valence-electron chi connectivity index (χ4n) is 1.74. The molecule has 1 unspecified atom stereocenters. The minimum atomic E-state index is -0.861. The van der Waals surface area contributed by atoms with Crippen molar-refractivity contribution in [3.63, 3.8) is 0 Å². The van der Waals surface area contributed by atoms with Gasteiger partial charge in [-0.1, -0.05) is 36.2 Å². The van der Waals surface area contributed by atoms with Gasteiger partial charge < -0.3 is 10.4 Å². The largest absolute Gasteiger partial charge is 0.481 e. The lowest BCUT2D eigenvalue weighted by Gasteiger charge is -2.13. The van der Waals surface area contributed by atoms with Crippen molar-refractivity contribution in [1.29, 1.82) is 0 Å². The van der Waals surface area contributed by atoms with E-state index in [-0.39, 0.29) is 18.2 Å². The quantitative estimate of drug-likeness (QED) is 0.759. The average molecular weight is 318 g/mol. The van der Waals surface area contributed by atoms with Gasteiger partial charge in [-0.05, 0) is 30.5 Å². The van der Waals surface area contributed by atoms with Crippen LogP contribution in [0.1, 0.15) is 25.3 Å². The van der Waals surface area contributed by atoms with E-state index in [1.54, 1.807) is 25.1 Å². The van der Waals surface area contributed by atoms with Crippen molar-refractivity contribution in [3.8, 4) is 0 Å². The summed E-state index contributed by atoms with van der Waals surface area (Å²) in [4.78, 5) is 22.2. The number of carbonyl (C=O) groups is 2.